The van der Waals surface area contributed by atoms with Gasteiger partial charge in [-0.1, -0.05) is 32.9 Å². The molecule has 3 N–H and O–H groups in total. The Bertz CT molecular complexity index is 466. The topological polar surface area (TPSA) is 79.8 Å². The molecule has 1 aromatic carbocycles. The molecular weight excluding hydrogens is 296 g/mol. The number of carbonyl (C=O) groups is 1. The molecule has 0 saturated carbocycles. The fourth-order valence-electron chi connectivity index (χ4n) is 1.76. The van der Waals surface area contributed by atoms with E-state index in [1.807, 2.05) is 32.9 Å². The highest BCUT2D eigenvalue weighted by molar-refractivity contribution is 5.77. The van der Waals surface area contributed by atoms with Gasteiger partial charge in [0.25, 0.3) is 5.91 Å². The minimum atomic E-state index is -0.613. The number of hydrogen-bond acceptors (Lipinski definition) is 5. The Labute approximate surface area is 138 Å². The lowest BCUT2D eigenvalue weighted by Gasteiger charge is -2.16. The van der Waals surface area contributed by atoms with Gasteiger partial charge in [0.05, 0.1) is 0 Å². The van der Waals surface area contributed by atoms with E-state index in [9.17, 15) is 9.90 Å². The molecule has 0 aliphatic carbocycles. The van der Waals surface area contributed by atoms with Crippen LogP contribution < -0.4 is 20.1 Å². The quantitative estimate of drug-likeness (QED) is 0.572. The number of para-hydroxylation sites is 2. The van der Waals surface area contributed by atoms with Crippen LogP contribution in [0.3, 0.4) is 0 Å². The van der Waals surface area contributed by atoms with Crippen molar-refractivity contribution in [1.82, 2.24) is 10.6 Å². The molecule has 0 fully saturated rings. The van der Waals surface area contributed by atoms with E-state index in [4.69, 9.17) is 9.47 Å². The number of amides is 1. The molecule has 1 rings (SSSR count). The number of ether oxygens (including phenoxy) is 2. The zero-order valence-corrected chi connectivity index (χ0v) is 14.2. The maximum Gasteiger partial charge on any atom is 0.257 e. The Balaban J connectivity index is 2.45. The van der Waals surface area contributed by atoms with Crippen LogP contribution in [0.15, 0.2) is 24.3 Å². The lowest BCUT2D eigenvalue weighted by atomic mass is 10.3. The van der Waals surface area contributed by atoms with Gasteiger partial charge in [0.2, 0.25) is 0 Å². The van der Waals surface area contributed by atoms with Gasteiger partial charge in [-0.15, -0.1) is 0 Å². The van der Waals surface area contributed by atoms with Gasteiger partial charge in [-0.3, -0.25) is 4.79 Å². The molecule has 0 spiro atoms. The van der Waals surface area contributed by atoms with Crippen LogP contribution in [0.1, 0.15) is 27.2 Å². The van der Waals surface area contributed by atoms with E-state index in [0.717, 1.165) is 6.42 Å². The first-order valence-electron chi connectivity index (χ1n) is 8.05. The zero-order valence-electron chi connectivity index (χ0n) is 14.2. The molecule has 1 amide bonds. The van der Waals surface area contributed by atoms with E-state index in [-0.39, 0.29) is 19.1 Å². The minimum Gasteiger partial charge on any atom is -0.487 e. The summed E-state index contributed by atoms with van der Waals surface area (Å²) in [6.07, 6.45) is 0.270. The lowest BCUT2D eigenvalue weighted by molar-refractivity contribution is -0.123. The molecule has 0 radical (unpaired) electrons. The van der Waals surface area contributed by atoms with Crippen LogP contribution in [0.4, 0.5) is 0 Å². The molecule has 0 aromatic heterocycles. The first kappa shape index (κ1) is 19.3. The molecule has 6 nitrogen and oxygen atoms in total. The van der Waals surface area contributed by atoms with Gasteiger partial charge in [0.15, 0.2) is 18.1 Å². The zero-order chi connectivity index (χ0) is 17.1. The lowest BCUT2D eigenvalue weighted by Crippen LogP contribution is -2.35. The summed E-state index contributed by atoms with van der Waals surface area (Å²) in [5.41, 5.74) is 0. The van der Waals surface area contributed by atoms with Crippen molar-refractivity contribution in [1.29, 1.82) is 0 Å². The van der Waals surface area contributed by atoms with Crippen LogP contribution in [0.25, 0.3) is 0 Å². The van der Waals surface area contributed by atoms with Gasteiger partial charge in [0, 0.05) is 19.1 Å². The van der Waals surface area contributed by atoms with Crippen LogP contribution in [0.2, 0.25) is 0 Å². The smallest absolute Gasteiger partial charge is 0.257 e. The van der Waals surface area contributed by atoms with Crippen LogP contribution in [0, 0.1) is 0 Å². The highest BCUT2D eigenvalue weighted by atomic mass is 16.5. The SMILES string of the molecule is CCCNC(=O)COc1ccccc1OCC(O)CNC(C)C. The number of carbonyl (C=O) groups excluding carboxylic acids is 1. The second-order valence-corrected chi connectivity index (χ2v) is 5.61. The summed E-state index contributed by atoms with van der Waals surface area (Å²) in [7, 11) is 0. The third-order valence-corrected chi connectivity index (χ3v) is 2.97. The van der Waals surface area contributed by atoms with Crippen molar-refractivity contribution in [2.45, 2.75) is 39.3 Å². The summed E-state index contributed by atoms with van der Waals surface area (Å²) in [5, 5.41) is 15.8. The maximum absolute atomic E-state index is 11.6. The molecule has 0 aliphatic rings. The van der Waals surface area contributed by atoms with E-state index in [0.29, 0.717) is 30.6 Å². The van der Waals surface area contributed by atoms with E-state index in [1.54, 1.807) is 12.1 Å². The van der Waals surface area contributed by atoms with Gasteiger partial charge >= 0.3 is 0 Å². The fraction of sp³-hybridized carbons (Fsp3) is 0.588. The van der Waals surface area contributed by atoms with Gasteiger partial charge in [-0.25, -0.2) is 0 Å². The van der Waals surface area contributed by atoms with Gasteiger partial charge < -0.3 is 25.2 Å². The molecule has 130 valence electrons. The number of hydrogen-bond donors (Lipinski definition) is 3. The largest absolute Gasteiger partial charge is 0.487 e. The molecule has 6 heteroatoms. The predicted octanol–water partition coefficient (Wildman–Crippen LogP) is 1.33. The molecule has 0 heterocycles. The predicted molar refractivity (Wildman–Crippen MR) is 89.9 cm³/mol. The first-order chi connectivity index (χ1) is 11.0. The number of aliphatic hydroxyl groups excluding tert-OH is 1. The maximum atomic E-state index is 11.6. The average Bonchev–Trinajstić information content (AvgIpc) is 2.54. The van der Waals surface area contributed by atoms with Crippen molar-refractivity contribution in [2.75, 3.05) is 26.3 Å². The second-order valence-electron chi connectivity index (χ2n) is 5.61. The van der Waals surface area contributed by atoms with E-state index < -0.39 is 6.10 Å². The molecule has 1 aromatic rings. The average molecular weight is 324 g/mol. The van der Waals surface area contributed by atoms with Crippen molar-refractivity contribution < 1.29 is 19.4 Å². The molecule has 0 aliphatic heterocycles. The van der Waals surface area contributed by atoms with Crippen LogP contribution in [-0.2, 0) is 4.79 Å². The molecule has 23 heavy (non-hydrogen) atoms. The van der Waals surface area contributed by atoms with Crippen molar-refractivity contribution in [3.63, 3.8) is 0 Å². The van der Waals surface area contributed by atoms with Crippen molar-refractivity contribution in [3.05, 3.63) is 24.3 Å². The van der Waals surface area contributed by atoms with Crippen LogP contribution in [0.5, 0.6) is 11.5 Å². The standard InChI is InChI=1S/C17H28N2O4/c1-4-9-18-17(21)12-23-16-8-6-5-7-15(16)22-11-14(20)10-19-13(2)3/h5-8,13-14,19-20H,4,9-12H2,1-3H3,(H,18,21). The summed E-state index contributed by atoms with van der Waals surface area (Å²) in [6, 6.07) is 7.42. The number of benzene rings is 1. The van der Waals surface area contributed by atoms with Gasteiger partial charge in [-0.05, 0) is 18.6 Å². The number of rotatable bonds is 11. The Morgan fingerprint density at radius 3 is 2.48 bits per heavy atom. The summed E-state index contributed by atoms with van der Waals surface area (Å²) in [6.45, 7) is 7.21. The first-order valence-corrected chi connectivity index (χ1v) is 8.05. The minimum absolute atomic E-state index is 0.0577. The summed E-state index contributed by atoms with van der Waals surface area (Å²) in [4.78, 5) is 11.6. The van der Waals surface area contributed by atoms with E-state index in [1.165, 1.54) is 0 Å². The molecular formula is C17H28N2O4. The Morgan fingerprint density at radius 1 is 1.22 bits per heavy atom. The summed E-state index contributed by atoms with van der Waals surface area (Å²) in [5.74, 6) is 0.838. The van der Waals surface area contributed by atoms with Crippen molar-refractivity contribution >= 4 is 5.91 Å². The third kappa shape index (κ3) is 8.42. The summed E-state index contributed by atoms with van der Waals surface area (Å²) < 4.78 is 11.1. The second kappa shape index (κ2) is 10.9. The summed E-state index contributed by atoms with van der Waals surface area (Å²) >= 11 is 0. The molecule has 1 unspecified atom stereocenters. The van der Waals surface area contributed by atoms with Gasteiger partial charge in [-0.2, -0.15) is 0 Å². The fourth-order valence-corrected chi connectivity index (χ4v) is 1.76. The van der Waals surface area contributed by atoms with Crippen LogP contribution >= 0.6 is 0 Å². The highest BCUT2D eigenvalue weighted by Crippen LogP contribution is 2.26. The molecule has 0 saturated heterocycles. The number of aliphatic hydroxyl groups is 1. The monoisotopic (exact) mass is 324 g/mol. The Kier molecular flexibility index (Phi) is 9.09. The highest BCUT2D eigenvalue weighted by Gasteiger charge is 2.10. The third-order valence-electron chi connectivity index (χ3n) is 2.97. The Morgan fingerprint density at radius 2 is 1.87 bits per heavy atom. The molecule has 1 atom stereocenters. The number of nitrogens with one attached hydrogen (secondary N) is 2. The van der Waals surface area contributed by atoms with Crippen molar-refractivity contribution in [3.8, 4) is 11.5 Å². The normalized spacial score (nSPS) is 12.0. The molecule has 0 bridgehead atoms. The van der Waals surface area contributed by atoms with Crippen LogP contribution in [-0.4, -0.2) is 49.5 Å². The Hall–Kier alpha value is -1.79. The van der Waals surface area contributed by atoms with E-state index >= 15 is 0 Å². The van der Waals surface area contributed by atoms with Crippen molar-refractivity contribution in [2.24, 2.45) is 0 Å². The van der Waals surface area contributed by atoms with E-state index in [2.05, 4.69) is 10.6 Å². The van der Waals surface area contributed by atoms with Gasteiger partial charge in [0.1, 0.15) is 12.7 Å².